The molecule has 140 valence electrons. The van der Waals surface area contributed by atoms with Crippen LogP contribution in [0.5, 0.6) is 5.88 Å². The summed E-state index contributed by atoms with van der Waals surface area (Å²) in [5, 5.41) is 8.71. The van der Waals surface area contributed by atoms with Gasteiger partial charge in [0, 0.05) is 39.0 Å². The first-order chi connectivity index (χ1) is 12.7. The molecule has 0 atom stereocenters. The predicted molar refractivity (Wildman–Crippen MR) is 98.2 cm³/mol. The highest BCUT2D eigenvalue weighted by Crippen LogP contribution is 2.25. The van der Waals surface area contributed by atoms with Crippen molar-refractivity contribution in [1.29, 1.82) is 0 Å². The number of piperidine rings is 1. The van der Waals surface area contributed by atoms with Gasteiger partial charge in [-0.15, -0.1) is 10.2 Å². The van der Waals surface area contributed by atoms with Gasteiger partial charge in [-0.25, -0.2) is 9.97 Å². The van der Waals surface area contributed by atoms with Gasteiger partial charge in [-0.05, 0) is 38.3 Å². The Balaban J connectivity index is 1.29. The molecule has 8 nitrogen and oxygen atoms in total. The SMILES string of the molecule is COc1nccnc1N(C)CC1CCN(Cc2nnc3n2CCC3)CC1. The van der Waals surface area contributed by atoms with Crippen LogP contribution in [0.15, 0.2) is 12.4 Å². The maximum Gasteiger partial charge on any atom is 0.257 e. The summed E-state index contributed by atoms with van der Waals surface area (Å²) in [6.45, 7) is 5.20. The molecule has 0 unspecified atom stereocenters. The molecule has 4 heterocycles. The molecule has 2 aliphatic rings. The van der Waals surface area contributed by atoms with E-state index in [1.165, 1.54) is 19.3 Å². The molecule has 0 radical (unpaired) electrons. The number of rotatable bonds is 6. The van der Waals surface area contributed by atoms with Gasteiger partial charge in [0.25, 0.3) is 5.88 Å². The van der Waals surface area contributed by atoms with Crippen LogP contribution in [-0.2, 0) is 19.5 Å². The molecule has 0 bridgehead atoms. The Morgan fingerprint density at radius 2 is 1.96 bits per heavy atom. The van der Waals surface area contributed by atoms with Crippen molar-refractivity contribution in [2.45, 2.75) is 38.8 Å². The summed E-state index contributed by atoms with van der Waals surface area (Å²) in [4.78, 5) is 13.3. The standard InChI is InChI=1S/C18H27N7O/c1-23(17-18(26-2)20-8-7-19-17)12-14-5-10-24(11-6-14)13-16-22-21-15-4-3-9-25(15)16/h7-8,14H,3-6,9-13H2,1-2H3. The summed E-state index contributed by atoms with van der Waals surface area (Å²) < 4.78 is 7.64. The Labute approximate surface area is 154 Å². The highest BCUT2D eigenvalue weighted by atomic mass is 16.5. The van der Waals surface area contributed by atoms with E-state index >= 15 is 0 Å². The number of fused-ring (bicyclic) bond motifs is 1. The van der Waals surface area contributed by atoms with E-state index in [0.29, 0.717) is 11.8 Å². The fourth-order valence-corrected chi connectivity index (χ4v) is 4.05. The van der Waals surface area contributed by atoms with Crippen LogP contribution in [-0.4, -0.2) is 63.4 Å². The zero-order valence-corrected chi connectivity index (χ0v) is 15.6. The van der Waals surface area contributed by atoms with Gasteiger partial charge in [0.1, 0.15) is 11.6 Å². The number of anilines is 1. The third-order valence-electron chi connectivity index (χ3n) is 5.49. The Hall–Kier alpha value is -2.22. The lowest BCUT2D eigenvalue weighted by atomic mass is 9.96. The van der Waals surface area contributed by atoms with Crippen LogP contribution in [0.2, 0.25) is 0 Å². The molecule has 26 heavy (non-hydrogen) atoms. The minimum Gasteiger partial charge on any atom is -0.478 e. The van der Waals surface area contributed by atoms with Crippen LogP contribution in [0.3, 0.4) is 0 Å². The van der Waals surface area contributed by atoms with Gasteiger partial charge < -0.3 is 14.2 Å². The van der Waals surface area contributed by atoms with E-state index in [0.717, 1.165) is 56.6 Å². The van der Waals surface area contributed by atoms with E-state index in [1.54, 1.807) is 19.5 Å². The molecule has 0 N–H and O–H groups in total. The monoisotopic (exact) mass is 357 g/mol. The quantitative estimate of drug-likeness (QED) is 0.773. The van der Waals surface area contributed by atoms with E-state index in [2.05, 4.69) is 41.6 Å². The normalized spacial score (nSPS) is 18.1. The average Bonchev–Trinajstić information content (AvgIpc) is 3.28. The fraction of sp³-hybridized carbons (Fsp3) is 0.667. The molecule has 8 heteroatoms. The summed E-state index contributed by atoms with van der Waals surface area (Å²) in [6.07, 6.45) is 8.04. The van der Waals surface area contributed by atoms with Crippen LogP contribution >= 0.6 is 0 Å². The second kappa shape index (κ2) is 7.57. The number of likely N-dealkylation sites (tertiary alicyclic amines) is 1. The van der Waals surface area contributed by atoms with Gasteiger partial charge in [-0.1, -0.05) is 0 Å². The van der Waals surface area contributed by atoms with Crippen LogP contribution < -0.4 is 9.64 Å². The summed E-state index contributed by atoms with van der Waals surface area (Å²) in [5.74, 6) is 4.36. The first kappa shape index (κ1) is 17.2. The van der Waals surface area contributed by atoms with Gasteiger partial charge in [0.05, 0.1) is 13.7 Å². The van der Waals surface area contributed by atoms with E-state index in [-0.39, 0.29) is 0 Å². The number of hydrogen-bond acceptors (Lipinski definition) is 7. The molecule has 2 aromatic heterocycles. The molecule has 0 saturated carbocycles. The molecule has 4 rings (SSSR count). The van der Waals surface area contributed by atoms with E-state index < -0.39 is 0 Å². The fourth-order valence-electron chi connectivity index (χ4n) is 4.05. The van der Waals surface area contributed by atoms with Crippen molar-refractivity contribution in [1.82, 2.24) is 29.6 Å². The van der Waals surface area contributed by atoms with Crippen molar-refractivity contribution >= 4 is 5.82 Å². The van der Waals surface area contributed by atoms with Crippen molar-refractivity contribution in [2.75, 3.05) is 38.7 Å². The minimum absolute atomic E-state index is 0.591. The van der Waals surface area contributed by atoms with Crippen molar-refractivity contribution < 1.29 is 4.74 Å². The molecule has 2 aromatic rings. The molecule has 2 aliphatic heterocycles. The third kappa shape index (κ3) is 3.51. The molecule has 0 aliphatic carbocycles. The van der Waals surface area contributed by atoms with Crippen LogP contribution in [0.4, 0.5) is 5.82 Å². The summed E-state index contributed by atoms with van der Waals surface area (Å²) in [6, 6.07) is 0. The van der Waals surface area contributed by atoms with Crippen molar-refractivity contribution in [3.8, 4) is 5.88 Å². The Morgan fingerprint density at radius 3 is 2.77 bits per heavy atom. The Kier molecular flexibility index (Phi) is 5.01. The number of hydrogen-bond donors (Lipinski definition) is 0. The summed E-state index contributed by atoms with van der Waals surface area (Å²) in [7, 11) is 3.71. The first-order valence-electron chi connectivity index (χ1n) is 9.44. The van der Waals surface area contributed by atoms with E-state index in [1.807, 2.05) is 0 Å². The first-order valence-corrected chi connectivity index (χ1v) is 9.44. The maximum absolute atomic E-state index is 5.33. The summed E-state index contributed by atoms with van der Waals surface area (Å²) in [5.41, 5.74) is 0. The van der Waals surface area contributed by atoms with Crippen molar-refractivity contribution in [3.63, 3.8) is 0 Å². The lowest BCUT2D eigenvalue weighted by Crippen LogP contribution is -2.38. The molecule has 1 saturated heterocycles. The van der Waals surface area contributed by atoms with Crippen molar-refractivity contribution in [3.05, 3.63) is 24.0 Å². The number of ether oxygens (including phenoxy) is 1. The summed E-state index contributed by atoms with van der Waals surface area (Å²) >= 11 is 0. The highest BCUT2D eigenvalue weighted by molar-refractivity contribution is 5.46. The second-order valence-corrected chi connectivity index (χ2v) is 7.28. The molecular weight excluding hydrogens is 330 g/mol. The van der Waals surface area contributed by atoms with Gasteiger partial charge in [0.15, 0.2) is 5.82 Å². The topological polar surface area (TPSA) is 72.2 Å². The number of aryl methyl sites for hydroxylation is 1. The van der Waals surface area contributed by atoms with Crippen LogP contribution in [0.25, 0.3) is 0 Å². The van der Waals surface area contributed by atoms with E-state index in [4.69, 9.17) is 4.74 Å². The largest absolute Gasteiger partial charge is 0.478 e. The van der Waals surface area contributed by atoms with Gasteiger partial charge in [0.2, 0.25) is 0 Å². The Morgan fingerprint density at radius 1 is 1.15 bits per heavy atom. The number of aromatic nitrogens is 5. The predicted octanol–water partition coefficient (Wildman–Crippen LogP) is 1.37. The van der Waals surface area contributed by atoms with E-state index in [9.17, 15) is 0 Å². The van der Waals surface area contributed by atoms with Crippen molar-refractivity contribution in [2.24, 2.45) is 5.92 Å². The molecule has 0 amide bonds. The molecule has 0 aromatic carbocycles. The zero-order chi connectivity index (χ0) is 17.9. The molecule has 0 spiro atoms. The maximum atomic E-state index is 5.33. The second-order valence-electron chi connectivity index (χ2n) is 7.28. The lowest BCUT2D eigenvalue weighted by molar-refractivity contribution is 0.174. The van der Waals surface area contributed by atoms with Crippen LogP contribution in [0.1, 0.15) is 30.9 Å². The Bertz CT molecular complexity index is 739. The van der Waals surface area contributed by atoms with Crippen LogP contribution in [0, 0.1) is 5.92 Å². The minimum atomic E-state index is 0.591. The van der Waals surface area contributed by atoms with Gasteiger partial charge in [-0.2, -0.15) is 0 Å². The van der Waals surface area contributed by atoms with Gasteiger partial charge >= 0.3 is 0 Å². The number of nitrogens with zero attached hydrogens (tertiary/aromatic N) is 7. The van der Waals surface area contributed by atoms with Gasteiger partial charge in [-0.3, -0.25) is 4.90 Å². The smallest absolute Gasteiger partial charge is 0.257 e. The third-order valence-corrected chi connectivity index (χ3v) is 5.49. The zero-order valence-electron chi connectivity index (χ0n) is 15.6. The highest BCUT2D eigenvalue weighted by Gasteiger charge is 2.24. The average molecular weight is 357 g/mol. The number of methoxy groups -OCH3 is 1. The molecule has 1 fully saturated rings. The lowest BCUT2D eigenvalue weighted by Gasteiger charge is -2.34. The molecular formula is C18H27N7O.